The third-order valence-electron chi connectivity index (χ3n) is 4.09. The summed E-state index contributed by atoms with van der Waals surface area (Å²) in [6.45, 7) is 3.55. The minimum absolute atomic E-state index is 0.183. The number of aromatic nitrogens is 2. The van der Waals surface area contributed by atoms with Gasteiger partial charge in [0, 0.05) is 18.0 Å². The van der Waals surface area contributed by atoms with Crippen LogP contribution < -0.4 is 15.4 Å². The second-order valence-corrected chi connectivity index (χ2v) is 7.47. The van der Waals surface area contributed by atoms with E-state index >= 15 is 0 Å². The van der Waals surface area contributed by atoms with Crippen molar-refractivity contribution in [2.24, 2.45) is 0 Å². The first-order chi connectivity index (χ1) is 14.5. The summed E-state index contributed by atoms with van der Waals surface area (Å²) >= 11 is 1.37. The fraction of sp³-hybridized carbons (Fsp3) is 0.238. The second kappa shape index (κ2) is 9.93. The molecule has 0 aliphatic carbocycles. The number of amides is 2. The van der Waals surface area contributed by atoms with Crippen LogP contribution in [0.5, 0.6) is 5.75 Å². The molecule has 0 aliphatic heterocycles. The van der Waals surface area contributed by atoms with E-state index in [0.717, 1.165) is 17.0 Å². The summed E-state index contributed by atoms with van der Waals surface area (Å²) in [6.07, 6.45) is 1.61. The number of carbonyl (C=O) groups is 2. The average Bonchev–Trinajstić information content (AvgIpc) is 3.16. The summed E-state index contributed by atoms with van der Waals surface area (Å²) in [4.78, 5) is 29.2. The molecule has 8 nitrogen and oxygen atoms in total. The number of ether oxygens (including phenoxy) is 1. The fourth-order valence-electron chi connectivity index (χ4n) is 2.68. The van der Waals surface area contributed by atoms with E-state index in [0.29, 0.717) is 27.8 Å². The summed E-state index contributed by atoms with van der Waals surface area (Å²) < 4.78 is 10.3. The van der Waals surface area contributed by atoms with Crippen LogP contribution in [0.3, 0.4) is 0 Å². The minimum atomic E-state index is -0.381. The SMILES string of the molecule is COc1ccc(C)cc1NC(=O)CNC(=O)c1cccnc1SCc1cc(C)on1. The summed E-state index contributed by atoms with van der Waals surface area (Å²) in [7, 11) is 1.53. The Labute approximate surface area is 178 Å². The van der Waals surface area contributed by atoms with Crippen molar-refractivity contribution in [2.45, 2.75) is 24.6 Å². The van der Waals surface area contributed by atoms with Crippen LogP contribution in [0.2, 0.25) is 0 Å². The monoisotopic (exact) mass is 426 g/mol. The highest BCUT2D eigenvalue weighted by Gasteiger charge is 2.15. The molecule has 3 aromatic rings. The molecule has 9 heteroatoms. The number of methoxy groups -OCH3 is 1. The van der Waals surface area contributed by atoms with Gasteiger partial charge in [0.05, 0.1) is 30.6 Å². The highest BCUT2D eigenvalue weighted by Crippen LogP contribution is 2.25. The van der Waals surface area contributed by atoms with Crippen LogP contribution in [0.4, 0.5) is 5.69 Å². The van der Waals surface area contributed by atoms with Crippen molar-refractivity contribution in [3.05, 3.63) is 65.2 Å². The lowest BCUT2D eigenvalue weighted by Crippen LogP contribution is -2.33. The molecule has 1 aromatic carbocycles. The van der Waals surface area contributed by atoms with Gasteiger partial charge in [-0.3, -0.25) is 9.59 Å². The lowest BCUT2D eigenvalue weighted by molar-refractivity contribution is -0.115. The van der Waals surface area contributed by atoms with Crippen LogP contribution in [0, 0.1) is 13.8 Å². The first kappa shape index (κ1) is 21.4. The Balaban J connectivity index is 1.59. The maximum atomic E-state index is 12.6. The Kier molecular flexibility index (Phi) is 7.08. The molecule has 2 heterocycles. The van der Waals surface area contributed by atoms with Gasteiger partial charge in [0.2, 0.25) is 5.91 Å². The van der Waals surface area contributed by atoms with Crippen molar-refractivity contribution in [2.75, 3.05) is 19.0 Å². The van der Waals surface area contributed by atoms with Gasteiger partial charge in [0.15, 0.2) is 0 Å². The third kappa shape index (κ3) is 5.60. The third-order valence-corrected chi connectivity index (χ3v) is 5.13. The predicted molar refractivity (Wildman–Crippen MR) is 114 cm³/mol. The molecule has 2 aromatic heterocycles. The summed E-state index contributed by atoms with van der Waals surface area (Å²) in [5.74, 6) is 1.05. The van der Waals surface area contributed by atoms with Crippen LogP contribution in [-0.2, 0) is 10.5 Å². The number of carbonyl (C=O) groups excluding carboxylic acids is 2. The highest BCUT2D eigenvalue weighted by molar-refractivity contribution is 7.98. The Morgan fingerprint density at radius 1 is 1.20 bits per heavy atom. The Hall–Kier alpha value is -3.33. The topological polar surface area (TPSA) is 106 Å². The lowest BCUT2D eigenvalue weighted by Gasteiger charge is -2.12. The molecule has 2 amide bonds. The van der Waals surface area contributed by atoms with Crippen molar-refractivity contribution in [3.63, 3.8) is 0 Å². The number of pyridine rings is 1. The fourth-order valence-corrected chi connectivity index (χ4v) is 3.55. The van der Waals surface area contributed by atoms with E-state index in [4.69, 9.17) is 9.26 Å². The molecule has 0 saturated heterocycles. The maximum absolute atomic E-state index is 12.6. The van der Waals surface area contributed by atoms with Crippen LogP contribution in [0.15, 0.2) is 52.1 Å². The summed E-state index contributed by atoms with van der Waals surface area (Å²) in [5, 5.41) is 9.88. The van der Waals surface area contributed by atoms with E-state index in [-0.39, 0.29) is 18.4 Å². The zero-order chi connectivity index (χ0) is 21.5. The summed E-state index contributed by atoms with van der Waals surface area (Å²) in [5.41, 5.74) is 2.69. The number of anilines is 1. The predicted octanol–water partition coefficient (Wildman–Crippen LogP) is 3.36. The van der Waals surface area contributed by atoms with Crippen molar-refractivity contribution >= 4 is 29.3 Å². The van der Waals surface area contributed by atoms with E-state index in [9.17, 15) is 9.59 Å². The van der Waals surface area contributed by atoms with Gasteiger partial charge in [-0.2, -0.15) is 0 Å². The molecule has 0 atom stereocenters. The Morgan fingerprint density at radius 3 is 2.77 bits per heavy atom. The van der Waals surface area contributed by atoms with Gasteiger partial charge >= 0.3 is 0 Å². The van der Waals surface area contributed by atoms with Crippen LogP contribution in [0.1, 0.15) is 27.4 Å². The number of thioether (sulfide) groups is 1. The number of hydrogen-bond donors (Lipinski definition) is 2. The number of nitrogens with zero attached hydrogens (tertiary/aromatic N) is 2. The zero-order valence-electron chi connectivity index (χ0n) is 16.9. The second-order valence-electron chi connectivity index (χ2n) is 6.51. The number of benzene rings is 1. The molecule has 30 heavy (non-hydrogen) atoms. The quantitative estimate of drug-likeness (QED) is 0.532. The molecular formula is C21H22N4O4S. The van der Waals surface area contributed by atoms with Gasteiger partial charge in [-0.25, -0.2) is 4.98 Å². The van der Waals surface area contributed by atoms with Crippen molar-refractivity contribution in [3.8, 4) is 5.75 Å². The molecule has 0 unspecified atom stereocenters. The average molecular weight is 426 g/mol. The van der Waals surface area contributed by atoms with Gasteiger partial charge < -0.3 is 19.9 Å². The van der Waals surface area contributed by atoms with E-state index < -0.39 is 0 Å². The molecule has 0 radical (unpaired) electrons. The maximum Gasteiger partial charge on any atom is 0.254 e. The number of hydrogen-bond acceptors (Lipinski definition) is 7. The van der Waals surface area contributed by atoms with E-state index in [1.807, 2.05) is 26.0 Å². The first-order valence-corrected chi connectivity index (χ1v) is 10.2. The van der Waals surface area contributed by atoms with Gasteiger partial charge in [-0.05, 0) is 43.7 Å². The minimum Gasteiger partial charge on any atom is -0.495 e. The molecule has 2 N–H and O–H groups in total. The van der Waals surface area contributed by atoms with E-state index in [2.05, 4.69) is 20.8 Å². The van der Waals surface area contributed by atoms with Crippen molar-refractivity contribution < 1.29 is 18.8 Å². The number of aryl methyl sites for hydroxylation is 2. The van der Waals surface area contributed by atoms with E-state index in [1.54, 1.807) is 30.5 Å². The Bertz CT molecular complexity index is 1050. The normalized spacial score (nSPS) is 10.5. The van der Waals surface area contributed by atoms with Gasteiger partial charge in [0.25, 0.3) is 5.91 Å². The molecule has 0 aliphatic rings. The molecule has 0 bridgehead atoms. The molecule has 156 valence electrons. The standard InChI is InChI=1S/C21H22N4O4S/c1-13-6-7-18(28-3)17(9-13)24-19(26)11-23-20(27)16-5-4-8-22-21(16)30-12-15-10-14(2)29-25-15/h4-10H,11-12H2,1-3H3,(H,23,27)(H,24,26). The first-order valence-electron chi connectivity index (χ1n) is 9.19. The van der Waals surface area contributed by atoms with E-state index in [1.165, 1.54) is 18.9 Å². The lowest BCUT2D eigenvalue weighted by atomic mass is 10.2. The zero-order valence-corrected chi connectivity index (χ0v) is 17.7. The van der Waals surface area contributed by atoms with Gasteiger partial charge in [0.1, 0.15) is 16.5 Å². The molecule has 0 spiro atoms. The molecule has 0 saturated carbocycles. The van der Waals surface area contributed by atoms with Gasteiger partial charge in [-0.1, -0.05) is 23.0 Å². The van der Waals surface area contributed by atoms with Crippen LogP contribution >= 0.6 is 11.8 Å². The smallest absolute Gasteiger partial charge is 0.254 e. The van der Waals surface area contributed by atoms with Crippen LogP contribution in [-0.4, -0.2) is 35.6 Å². The Morgan fingerprint density at radius 2 is 2.03 bits per heavy atom. The largest absolute Gasteiger partial charge is 0.495 e. The number of nitrogens with one attached hydrogen (secondary N) is 2. The highest BCUT2D eigenvalue weighted by atomic mass is 32.2. The molecule has 3 rings (SSSR count). The van der Waals surface area contributed by atoms with Gasteiger partial charge in [-0.15, -0.1) is 0 Å². The number of rotatable bonds is 8. The van der Waals surface area contributed by atoms with Crippen molar-refractivity contribution in [1.29, 1.82) is 0 Å². The van der Waals surface area contributed by atoms with Crippen molar-refractivity contribution in [1.82, 2.24) is 15.5 Å². The van der Waals surface area contributed by atoms with Crippen LogP contribution in [0.25, 0.3) is 0 Å². The molecule has 0 fully saturated rings. The summed E-state index contributed by atoms with van der Waals surface area (Å²) in [6, 6.07) is 10.6. The molecular weight excluding hydrogens is 404 g/mol.